The molecule has 0 fully saturated rings. The van der Waals surface area contributed by atoms with Crippen LogP contribution in [0.3, 0.4) is 0 Å². The maximum atomic E-state index is 13.7. The third kappa shape index (κ3) is 5.64. The lowest BCUT2D eigenvalue weighted by molar-refractivity contribution is -0.122. The number of aryl methyl sites for hydroxylation is 3. The third-order valence-electron chi connectivity index (χ3n) is 5.40. The van der Waals surface area contributed by atoms with E-state index in [0.29, 0.717) is 11.1 Å². The number of nitrogens with one attached hydrogen (secondary N) is 1. The average Bonchev–Trinajstić information content (AvgIpc) is 2.73. The van der Waals surface area contributed by atoms with E-state index in [0.717, 1.165) is 16.7 Å². The molecule has 0 unspecified atom stereocenters. The quantitative estimate of drug-likeness (QED) is 0.542. The molecule has 1 atom stereocenters. The number of rotatable bonds is 8. The summed E-state index contributed by atoms with van der Waals surface area (Å²) in [6.45, 7) is 7.27. The predicted molar refractivity (Wildman–Crippen MR) is 128 cm³/mol. The molecule has 3 aromatic carbocycles. The second-order valence-corrected chi connectivity index (χ2v) is 10.1. The van der Waals surface area contributed by atoms with E-state index in [1.54, 1.807) is 13.8 Å². The number of hydrogen-bond acceptors (Lipinski definition) is 3. The van der Waals surface area contributed by atoms with Gasteiger partial charge in [-0.3, -0.25) is 4.79 Å². The number of benzene rings is 3. The molecule has 0 saturated heterocycles. The van der Waals surface area contributed by atoms with Gasteiger partial charge >= 0.3 is 0 Å². The Morgan fingerprint density at radius 1 is 0.906 bits per heavy atom. The van der Waals surface area contributed by atoms with E-state index in [9.17, 15) is 13.2 Å². The second kappa shape index (κ2) is 10.1. The highest BCUT2D eigenvalue weighted by Crippen LogP contribution is 2.26. The van der Waals surface area contributed by atoms with E-state index in [1.165, 1.54) is 4.31 Å². The van der Waals surface area contributed by atoms with Crippen LogP contribution in [-0.2, 0) is 21.4 Å². The van der Waals surface area contributed by atoms with Gasteiger partial charge in [0.05, 0.1) is 17.5 Å². The van der Waals surface area contributed by atoms with E-state index < -0.39 is 10.0 Å². The van der Waals surface area contributed by atoms with Gasteiger partial charge < -0.3 is 5.32 Å². The molecule has 3 rings (SSSR count). The average molecular weight is 451 g/mol. The van der Waals surface area contributed by atoms with Gasteiger partial charge in [0.25, 0.3) is 0 Å². The van der Waals surface area contributed by atoms with Gasteiger partial charge in [0.2, 0.25) is 15.9 Å². The van der Waals surface area contributed by atoms with Gasteiger partial charge in [0.1, 0.15) is 0 Å². The van der Waals surface area contributed by atoms with Crippen LogP contribution >= 0.6 is 0 Å². The van der Waals surface area contributed by atoms with Gasteiger partial charge in [-0.1, -0.05) is 78.4 Å². The fourth-order valence-electron chi connectivity index (χ4n) is 3.99. The van der Waals surface area contributed by atoms with Crippen LogP contribution in [0, 0.1) is 20.8 Å². The van der Waals surface area contributed by atoms with Gasteiger partial charge in [-0.2, -0.15) is 4.31 Å². The smallest absolute Gasteiger partial charge is 0.244 e. The summed E-state index contributed by atoms with van der Waals surface area (Å²) in [4.78, 5) is 13.2. The van der Waals surface area contributed by atoms with Crippen LogP contribution in [0.5, 0.6) is 0 Å². The largest absolute Gasteiger partial charge is 0.348 e. The summed E-state index contributed by atoms with van der Waals surface area (Å²) in [6.07, 6.45) is 0. The molecule has 0 heterocycles. The summed E-state index contributed by atoms with van der Waals surface area (Å²) in [7, 11) is -3.90. The molecule has 6 heteroatoms. The highest BCUT2D eigenvalue weighted by atomic mass is 32.2. The molecule has 0 aliphatic carbocycles. The van der Waals surface area contributed by atoms with Gasteiger partial charge in [0, 0.05) is 6.54 Å². The molecule has 168 valence electrons. The predicted octanol–water partition coefficient (Wildman–Crippen LogP) is 4.68. The van der Waals surface area contributed by atoms with Crippen molar-refractivity contribution >= 4 is 15.9 Å². The summed E-state index contributed by atoms with van der Waals surface area (Å²) < 4.78 is 28.7. The first kappa shape index (κ1) is 23.7. The van der Waals surface area contributed by atoms with E-state index in [1.807, 2.05) is 86.6 Å². The van der Waals surface area contributed by atoms with E-state index in [2.05, 4.69) is 5.32 Å². The van der Waals surface area contributed by atoms with Crippen molar-refractivity contribution in [2.24, 2.45) is 0 Å². The molecule has 3 aromatic rings. The summed E-state index contributed by atoms with van der Waals surface area (Å²) >= 11 is 0. The SMILES string of the molecule is Cc1cc(C)c(S(=O)(=O)N(CC(=O)N[C@@H](C)c2ccccc2)Cc2ccccc2)c(C)c1. The zero-order valence-electron chi connectivity index (χ0n) is 19.0. The molecule has 0 radical (unpaired) electrons. The van der Waals surface area contributed by atoms with Gasteiger partial charge in [-0.25, -0.2) is 8.42 Å². The third-order valence-corrected chi connectivity index (χ3v) is 7.50. The van der Waals surface area contributed by atoms with E-state index >= 15 is 0 Å². The number of sulfonamides is 1. The number of amides is 1. The van der Waals surface area contributed by atoms with E-state index in [-0.39, 0.29) is 29.9 Å². The van der Waals surface area contributed by atoms with Crippen LogP contribution < -0.4 is 5.32 Å². The second-order valence-electron chi connectivity index (χ2n) is 8.19. The maximum Gasteiger partial charge on any atom is 0.244 e. The summed E-state index contributed by atoms with van der Waals surface area (Å²) in [5.41, 5.74) is 4.14. The van der Waals surface area contributed by atoms with Crippen LogP contribution in [-0.4, -0.2) is 25.2 Å². The zero-order chi connectivity index (χ0) is 23.3. The van der Waals surface area contributed by atoms with Crippen molar-refractivity contribution < 1.29 is 13.2 Å². The molecule has 0 aliphatic rings. The number of carbonyl (C=O) groups excluding carboxylic acids is 1. The van der Waals surface area contributed by atoms with Crippen molar-refractivity contribution in [3.8, 4) is 0 Å². The molecule has 0 aromatic heterocycles. The highest BCUT2D eigenvalue weighted by Gasteiger charge is 2.30. The molecule has 0 bridgehead atoms. The van der Waals surface area contributed by atoms with Crippen LogP contribution in [0.15, 0.2) is 77.7 Å². The van der Waals surface area contributed by atoms with Gasteiger partial charge in [0.15, 0.2) is 0 Å². The highest BCUT2D eigenvalue weighted by molar-refractivity contribution is 7.89. The monoisotopic (exact) mass is 450 g/mol. The number of carbonyl (C=O) groups is 1. The fourth-order valence-corrected chi connectivity index (χ4v) is 5.78. The molecule has 1 N–H and O–H groups in total. The Kier molecular flexibility index (Phi) is 7.48. The summed E-state index contributed by atoms with van der Waals surface area (Å²) in [5, 5.41) is 2.93. The Morgan fingerprint density at radius 2 is 1.44 bits per heavy atom. The summed E-state index contributed by atoms with van der Waals surface area (Å²) in [5.74, 6) is -0.344. The minimum absolute atomic E-state index is 0.114. The summed E-state index contributed by atoms with van der Waals surface area (Å²) in [6, 6.07) is 22.4. The molecule has 1 amide bonds. The van der Waals surface area contributed by atoms with Crippen molar-refractivity contribution in [2.45, 2.75) is 45.2 Å². The molecule has 0 aliphatic heterocycles. The number of hydrogen-bond donors (Lipinski definition) is 1. The van der Waals surface area contributed by atoms with Gasteiger partial charge in [-0.15, -0.1) is 0 Å². The van der Waals surface area contributed by atoms with Crippen LogP contribution in [0.25, 0.3) is 0 Å². The zero-order valence-corrected chi connectivity index (χ0v) is 19.8. The van der Waals surface area contributed by atoms with Crippen molar-refractivity contribution in [3.05, 3.63) is 101 Å². The lowest BCUT2D eigenvalue weighted by Gasteiger charge is -2.25. The molecule has 5 nitrogen and oxygen atoms in total. The topological polar surface area (TPSA) is 66.5 Å². The first-order valence-electron chi connectivity index (χ1n) is 10.6. The molecule has 0 saturated carbocycles. The Balaban J connectivity index is 1.91. The molecular weight excluding hydrogens is 420 g/mol. The van der Waals surface area contributed by atoms with Gasteiger partial charge in [-0.05, 0) is 49.9 Å². The van der Waals surface area contributed by atoms with Crippen molar-refractivity contribution in [1.82, 2.24) is 9.62 Å². The minimum Gasteiger partial charge on any atom is -0.348 e. The van der Waals surface area contributed by atoms with Crippen LogP contribution in [0.1, 0.15) is 40.8 Å². The van der Waals surface area contributed by atoms with Crippen molar-refractivity contribution in [3.63, 3.8) is 0 Å². The number of nitrogens with zero attached hydrogens (tertiary/aromatic N) is 1. The standard InChI is InChI=1S/C26H30N2O3S/c1-19-15-20(2)26(21(3)16-19)32(30,31)28(17-23-11-7-5-8-12-23)18-25(29)27-22(4)24-13-9-6-10-14-24/h5-16,22H,17-18H2,1-4H3,(H,27,29)/t22-/m0/s1. The lowest BCUT2D eigenvalue weighted by atomic mass is 10.1. The first-order chi connectivity index (χ1) is 15.2. The van der Waals surface area contributed by atoms with E-state index in [4.69, 9.17) is 0 Å². The Morgan fingerprint density at radius 3 is 2.00 bits per heavy atom. The fraction of sp³-hybridized carbons (Fsp3) is 0.269. The maximum absolute atomic E-state index is 13.7. The normalized spacial score (nSPS) is 12.5. The molecule has 0 spiro atoms. The minimum atomic E-state index is -3.90. The Bertz CT molecular complexity index is 1150. The van der Waals surface area contributed by atoms with Crippen molar-refractivity contribution in [2.75, 3.05) is 6.54 Å². The first-order valence-corrected chi connectivity index (χ1v) is 12.1. The van der Waals surface area contributed by atoms with Crippen LogP contribution in [0.2, 0.25) is 0 Å². The van der Waals surface area contributed by atoms with Crippen LogP contribution in [0.4, 0.5) is 0 Å². The molecule has 32 heavy (non-hydrogen) atoms. The lowest BCUT2D eigenvalue weighted by Crippen LogP contribution is -2.41. The Hall–Kier alpha value is -2.96. The Labute approximate surface area is 191 Å². The van der Waals surface area contributed by atoms with Crippen molar-refractivity contribution in [1.29, 1.82) is 0 Å². The molecular formula is C26H30N2O3S.